The van der Waals surface area contributed by atoms with Crippen LogP contribution in [-0.2, 0) is 0 Å². The van der Waals surface area contributed by atoms with E-state index in [0.29, 0.717) is 17.5 Å². The molecule has 0 aliphatic rings. The highest BCUT2D eigenvalue weighted by molar-refractivity contribution is 6.06. The number of aromatic nitrogens is 4. The number of nitrogens with zero attached hydrogens (tertiary/aromatic N) is 4. The van der Waals surface area contributed by atoms with Gasteiger partial charge in [-0.05, 0) is 71.7 Å². The smallest absolute Gasteiger partial charge is 0.164 e. The summed E-state index contributed by atoms with van der Waals surface area (Å²) in [6, 6.07) is 58.6. The predicted octanol–water partition coefficient (Wildman–Crippen LogP) is 13.7. The van der Waals surface area contributed by atoms with Crippen molar-refractivity contribution in [3.8, 4) is 62.1 Å². The standard InChI is InChI=1S/C52H36N4O/c1-3-15-41-42-30-26-37(38-27-31-44-43-21-13-14-23-48(43)57-49(44)33-38)32-47(42)56(46(41)4-2)39-28-24-34(25-29-39)40-20-11-12-22-45(40)52-54-50(35-16-7-5-8-17-35)53-51(55-52)36-18-9-6-10-19-36/h3-33H,2H2,1H3/b15-3-. The molecule has 0 fully saturated rings. The van der Waals surface area contributed by atoms with E-state index in [4.69, 9.17) is 19.4 Å². The van der Waals surface area contributed by atoms with Crippen LogP contribution in [0.15, 0.2) is 187 Å². The van der Waals surface area contributed by atoms with Crippen LogP contribution in [0, 0.1) is 0 Å². The van der Waals surface area contributed by atoms with Gasteiger partial charge in [0.2, 0.25) is 0 Å². The van der Waals surface area contributed by atoms with Crippen LogP contribution in [0.25, 0.3) is 107 Å². The summed E-state index contributed by atoms with van der Waals surface area (Å²) in [5.74, 6) is 1.89. The van der Waals surface area contributed by atoms with Crippen LogP contribution >= 0.6 is 0 Å². The molecule has 7 aromatic carbocycles. The zero-order chi connectivity index (χ0) is 38.3. The molecule has 0 aliphatic heterocycles. The Bertz CT molecular complexity index is 3080. The molecule has 3 aromatic heterocycles. The van der Waals surface area contributed by atoms with E-state index in [9.17, 15) is 0 Å². The summed E-state index contributed by atoms with van der Waals surface area (Å²) in [7, 11) is 0. The maximum Gasteiger partial charge on any atom is 0.164 e. The Morgan fingerprint density at radius 1 is 0.491 bits per heavy atom. The molecule has 5 heteroatoms. The summed E-state index contributed by atoms with van der Waals surface area (Å²) < 4.78 is 8.57. The Kier molecular flexibility index (Phi) is 8.46. The van der Waals surface area contributed by atoms with Crippen molar-refractivity contribution >= 4 is 45.0 Å². The van der Waals surface area contributed by atoms with Gasteiger partial charge < -0.3 is 8.98 Å². The van der Waals surface area contributed by atoms with E-state index < -0.39 is 0 Å². The number of hydrogen-bond acceptors (Lipinski definition) is 4. The molecule has 0 bridgehead atoms. The van der Waals surface area contributed by atoms with Gasteiger partial charge in [0.25, 0.3) is 0 Å². The summed E-state index contributed by atoms with van der Waals surface area (Å²) in [6.07, 6.45) is 6.21. The molecule has 10 rings (SSSR count). The maximum atomic E-state index is 6.27. The predicted molar refractivity (Wildman–Crippen MR) is 236 cm³/mol. The largest absolute Gasteiger partial charge is 0.456 e. The third-order valence-electron chi connectivity index (χ3n) is 10.6. The van der Waals surface area contributed by atoms with Crippen molar-refractivity contribution in [1.29, 1.82) is 0 Å². The highest BCUT2D eigenvalue weighted by atomic mass is 16.3. The van der Waals surface area contributed by atoms with Crippen molar-refractivity contribution in [2.75, 3.05) is 0 Å². The number of para-hydroxylation sites is 1. The van der Waals surface area contributed by atoms with Crippen LogP contribution in [0.1, 0.15) is 18.2 Å². The lowest BCUT2D eigenvalue weighted by molar-refractivity contribution is 0.669. The first-order valence-electron chi connectivity index (χ1n) is 19.1. The third-order valence-corrected chi connectivity index (χ3v) is 10.6. The zero-order valence-electron chi connectivity index (χ0n) is 31.3. The minimum atomic E-state index is 0.622. The normalized spacial score (nSPS) is 11.6. The van der Waals surface area contributed by atoms with Crippen LogP contribution in [0.2, 0.25) is 0 Å². The summed E-state index contributed by atoms with van der Waals surface area (Å²) in [5, 5.41) is 3.40. The molecule has 3 heterocycles. The molecule has 0 unspecified atom stereocenters. The molecule has 0 amide bonds. The molecular weight excluding hydrogens is 697 g/mol. The molecule has 0 spiro atoms. The van der Waals surface area contributed by atoms with E-state index in [0.717, 1.165) is 88.7 Å². The van der Waals surface area contributed by atoms with Crippen molar-refractivity contribution in [3.63, 3.8) is 0 Å². The van der Waals surface area contributed by atoms with Gasteiger partial charge in [0.1, 0.15) is 11.2 Å². The van der Waals surface area contributed by atoms with E-state index in [1.54, 1.807) is 0 Å². The van der Waals surface area contributed by atoms with Crippen molar-refractivity contribution in [3.05, 3.63) is 194 Å². The van der Waals surface area contributed by atoms with Crippen LogP contribution in [0.3, 0.4) is 0 Å². The fourth-order valence-corrected chi connectivity index (χ4v) is 7.89. The van der Waals surface area contributed by atoms with Gasteiger partial charge >= 0.3 is 0 Å². The maximum absolute atomic E-state index is 6.27. The molecule has 0 aliphatic carbocycles. The second-order valence-electron chi connectivity index (χ2n) is 14.0. The average Bonchev–Trinajstić information content (AvgIpc) is 3.81. The van der Waals surface area contributed by atoms with E-state index >= 15 is 0 Å². The Labute approximate surface area is 330 Å². The number of hydrogen-bond donors (Lipinski definition) is 0. The average molecular weight is 733 g/mol. The second kappa shape index (κ2) is 14.2. The number of rotatable bonds is 8. The topological polar surface area (TPSA) is 56.7 Å². The molecule has 57 heavy (non-hydrogen) atoms. The Hall–Kier alpha value is -7.63. The van der Waals surface area contributed by atoms with Gasteiger partial charge in [-0.25, -0.2) is 15.0 Å². The van der Waals surface area contributed by atoms with Crippen LogP contribution in [-0.4, -0.2) is 19.5 Å². The Morgan fingerprint density at radius 2 is 1.05 bits per heavy atom. The van der Waals surface area contributed by atoms with Crippen molar-refractivity contribution in [1.82, 2.24) is 19.5 Å². The number of furan rings is 1. The van der Waals surface area contributed by atoms with Gasteiger partial charge in [-0.3, -0.25) is 0 Å². The van der Waals surface area contributed by atoms with Crippen LogP contribution < -0.4 is 0 Å². The number of allylic oxidation sites excluding steroid dienone is 1. The fourth-order valence-electron chi connectivity index (χ4n) is 7.89. The van der Waals surface area contributed by atoms with Gasteiger partial charge in [0.15, 0.2) is 17.5 Å². The molecule has 5 nitrogen and oxygen atoms in total. The lowest BCUT2D eigenvalue weighted by atomic mass is 9.98. The van der Waals surface area contributed by atoms with E-state index in [1.165, 1.54) is 0 Å². The highest BCUT2D eigenvalue weighted by Crippen LogP contribution is 2.38. The number of benzene rings is 7. The van der Waals surface area contributed by atoms with Gasteiger partial charge in [0, 0.05) is 44.1 Å². The lowest BCUT2D eigenvalue weighted by Crippen LogP contribution is -2.01. The summed E-state index contributed by atoms with van der Waals surface area (Å²) in [6.45, 7) is 6.33. The molecule has 270 valence electrons. The first-order chi connectivity index (χ1) is 28.2. The van der Waals surface area contributed by atoms with Crippen LogP contribution in [0.5, 0.6) is 0 Å². The quantitative estimate of drug-likeness (QED) is 0.156. The van der Waals surface area contributed by atoms with Crippen molar-refractivity contribution < 1.29 is 4.42 Å². The first kappa shape index (κ1) is 33.9. The lowest BCUT2D eigenvalue weighted by Gasteiger charge is -2.14. The van der Waals surface area contributed by atoms with Gasteiger partial charge in [-0.1, -0.05) is 152 Å². The zero-order valence-corrected chi connectivity index (χ0v) is 31.3. The first-order valence-corrected chi connectivity index (χ1v) is 19.1. The van der Waals surface area contributed by atoms with Gasteiger partial charge in [0.05, 0.1) is 11.2 Å². The molecule has 0 radical (unpaired) electrons. The fraction of sp³-hybridized carbons (Fsp3) is 0.0192. The molecule has 0 saturated heterocycles. The Morgan fingerprint density at radius 3 is 1.74 bits per heavy atom. The number of fused-ring (bicyclic) bond motifs is 4. The third kappa shape index (κ3) is 6.03. The summed E-state index contributed by atoms with van der Waals surface area (Å²) >= 11 is 0. The van der Waals surface area contributed by atoms with E-state index in [-0.39, 0.29) is 0 Å². The minimum absolute atomic E-state index is 0.622. The highest BCUT2D eigenvalue weighted by Gasteiger charge is 2.19. The van der Waals surface area contributed by atoms with Crippen molar-refractivity contribution in [2.45, 2.75) is 6.92 Å². The molecule has 0 N–H and O–H groups in total. The summed E-state index contributed by atoms with van der Waals surface area (Å²) in [5.41, 5.74) is 13.2. The van der Waals surface area contributed by atoms with Crippen molar-refractivity contribution in [2.24, 2.45) is 0 Å². The van der Waals surface area contributed by atoms with Gasteiger partial charge in [-0.2, -0.15) is 0 Å². The minimum Gasteiger partial charge on any atom is -0.456 e. The molecule has 0 atom stereocenters. The van der Waals surface area contributed by atoms with Gasteiger partial charge in [-0.15, -0.1) is 0 Å². The summed E-state index contributed by atoms with van der Waals surface area (Å²) in [4.78, 5) is 15.0. The monoisotopic (exact) mass is 732 g/mol. The van der Waals surface area contributed by atoms with E-state index in [1.807, 2.05) is 84.9 Å². The second-order valence-corrected chi connectivity index (χ2v) is 14.0. The molecular formula is C52H36N4O. The molecule has 0 saturated carbocycles. The Balaban J connectivity index is 1.08. The molecule has 10 aromatic rings. The van der Waals surface area contributed by atoms with Crippen LogP contribution in [0.4, 0.5) is 0 Å². The SMILES string of the molecule is C=Cc1c(/C=C\C)c2ccc(-c3ccc4c(c3)oc3ccccc34)cc2n1-c1ccc(-c2ccccc2-c2nc(-c3ccccc3)nc(-c3ccccc3)n2)cc1. The van der Waals surface area contributed by atoms with E-state index in [2.05, 4.69) is 121 Å².